The van der Waals surface area contributed by atoms with Gasteiger partial charge in [0.2, 0.25) is 0 Å². The SMILES string of the molecule is C/C1=C/C[C@@H](c2ccc3nc(C)sc3c2)OC(=O)C[C@H](O)C2(C)C(=O)[C@H](C)[C@@H](O)[C@@]2(C)CCC1. The minimum atomic E-state index is -1.24. The average molecular weight is 486 g/mol. The lowest BCUT2D eigenvalue weighted by Gasteiger charge is -2.44. The van der Waals surface area contributed by atoms with E-state index in [0.717, 1.165) is 33.6 Å². The zero-order valence-electron chi connectivity index (χ0n) is 20.6. The molecular formula is C27H35NO5S. The van der Waals surface area contributed by atoms with E-state index in [1.165, 1.54) is 5.57 Å². The quantitative estimate of drug-likeness (QED) is 0.433. The van der Waals surface area contributed by atoms with Crippen LogP contribution in [0.4, 0.5) is 0 Å². The molecular weight excluding hydrogens is 450 g/mol. The predicted molar refractivity (Wildman–Crippen MR) is 132 cm³/mol. The number of benzene rings is 1. The minimum Gasteiger partial charge on any atom is -0.457 e. The maximum absolute atomic E-state index is 13.3. The van der Waals surface area contributed by atoms with Gasteiger partial charge in [0.05, 0.1) is 39.3 Å². The second-order valence-corrected chi connectivity index (χ2v) is 11.8. The first kappa shape index (κ1) is 25.0. The maximum Gasteiger partial charge on any atom is 0.309 e. The van der Waals surface area contributed by atoms with Crippen molar-refractivity contribution >= 4 is 33.3 Å². The molecule has 0 saturated heterocycles. The molecule has 1 aromatic carbocycles. The fraction of sp³-hybridized carbons (Fsp3) is 0.593. The number of thiazole rings is 1. The molecule has 6 nitrogen and oxygen atoms in total. The van der Waals surface area contributed by atoms with Gasteiger partial charge < -0.3 is 14.9 Å². The van der Waals surface area contributed by atoms with E-state index in [4.69, 9.17) is 4.74 Å². The van der Waals surface area contributed by atoms with Crippen molar-refractivity contribution in [2.75, 3.05) is 0 Å². The van der Waals surface area contributed by atoms with Crippen molar-refractivity contribution in [2.24, 2.45) is 16.7 Å². The van der Waals surface area contributed by atoms with Gasteiger partial charge in [0.15, 0.2) is 0 Å². The third-order valence-corrected chi connectivity index (χ3v) is 9.31. The highest BCUT2D eigenvalue weighted by Gasteiger charge is 2.65. The third kappa shape index (κ3) is 4.12. The Balaban J connectivity index is 1.68. The van der Waals surface area contributed by atoms with Crippen LogP contribution in [0.25, 0.3) is 10.2 Å². The Hall–Kier alpha value is -2.09. The largest absolute Gasteiger partial charge is 0.457 e. The number of carbonyl (C=O) groups excluding carboxylic acids is 2. The molecule has 6 atom stereocenters. The monoisotopic (exact) mass is 485 g/mol. The number of nitrogens with zero attached hydrogens (tertiary/aromatic N) is 1. The van der Waals surface area contributed by atoms with Gasteiger partial charge in [-0.15, -0.1) is 11.3 Å². The van der Waals surface area contributed by atoms with Crippen LogP contribution in [-0.2, 0) is 14.3 Å². The van der Waals surface area contributed by atoms with E-state index in [1.807, 2.05) is 32.0 Å². The van der Waals surface area contributed by atoms with Crippen LogP contribution in [0.5, 0.6) is 0 Å². The Kier molecular flexibility index (Phi) is 6.75. The topological polar surface area (TPSA) is 96.7 Å². The number of hydrogen-bond acceptors (Lipinski definition) is 7. The first-order chi connectivity index (χ1) is 16.0. The number of aryl methyl sites for hydroxylation is 1. The van der Waals surface area contributed by atoms with Crippen molar-refractivity contribution < 1.29 is 24.5 Å². The number of ketones is 1. The summed E-state index contributed by atoms with van der Waals surface area (Å²) in [6.07, 6.45) is 1.92. The first-order valence-corrected chi connectivity index (χ1v) is 12.9. The van der Waals surface area contributed by atoms with Crippen LogP contribution in [0.1, 0.15) is 76.5 Å². The number of esters is 1. The van der Waals surface area contributed by atoms with Gasteiger partial charge in [-0.05, 0) is 57.7 Å². The fourth-order valence-electron chi connectivity index (χ4n) is 5.93. The van der Waals surface area contributed by atoms with Crippen LogP contribution in [-0.4, -0.2) is 39.2 Å². The average Bonchev–Trinajstić information content (AvgIpc) is 3.22. The number of ether oxygens (including phenoxy) is 1. The molecule has 1 aliphatic carbocycles. The molecule has 1 saturated carbocycles. The van der Waals surface area contributed by atoms with E-state index in [2.05, 4.69) is 18.0 Å². The van der Waals surface area contributed by atoms with Crippen molar-refractivity contribution in [2.45, 2.75) is 85.0 Å². The second kappa shape index (κ2) is 9.17. The number of aliphatic hydroxyl groups excluding tert-OH is 2. The molecule has 1 aromatic heterocycles. The van der Waals surface area contributed by atoms with Gasteiger partial charge in [-0.2, -0.15) is 0 Å². The summed E-state index contributed by atoms with van der Waals surface area (Å²) < 4.78 is 6.95. The van der Waals surface area contributed by atoms with E-state index in [-0.39, 0.29) is 12.2 Å². The molecule has 0 bridgehead atoms. The van der Waals surface area contributed by atoms with Gasteiger partial charge in [0.25, 0.3) is 0 Å². The van der Waals surface area contributed by atoms with Crippen molar-refractivity contribution in [1.82, 2.24) is 4.98 Å². The molecule has 2 aliphatic rings. The normalized spacial score (nSPS) is 37.2. The standard InChI is InChI=1S/C27H35NO5S/c1-15-7-6-12-26(4)24(31)16(2)25(32)27(26,5)22(29)14-23(30)33-20(11-8-15)18-9-10-19-21(13-18)34-17(3)28-19/h8-10,13,16,20,22,24,29,31H,6-7,11-12,14H2,1-5H3/b15-8-/t16-,20+,22+,24-,26-,27?/m1/s1. The molecule has 184 valence electrons. The molecule has 4 rings (SSSR count). The van der Waals surface area contributed by atoms with Crippen molar-refractivity contribution in [1.29, 1.82) is 0 Å². The Labute approximate surface area is 205 Å². The molecule has 1 fully saturated rings. The summed E-state index contributed by atoms with van der Waals surface area (Å²) in [5, 5.41) is 23.2. The molecule has 2 aromatic rings. The predicted octanol–water partition coefficient (Wildman–Crippen LogP) is 5.05. The fourth-order valence-corrected chi connectivity index (χ4v) is 6.81. The summed E-state index contributed by atoms with van der Waals surface area (Å²) in [6, 6.07) is 5.90. The maximum atomic E-state index is 13.3. The van der Waals surface area contributed by atoms with Gasteiger partial charge in [0.1, 0.15) is 11.9 Å². The van der Waals surface area contributed by atoms with Crippen LogP contribution in [0.15, 0.2) is 29.8 Å². The third-order valence-electron chi connectivity index (χ3n) is 8.38. The smallest absolute Gasteiger partial charge is 0.309 e. The van der Waals surface area contributed by atoms with E-state index < -0.39 is 41.0 Å². The first-order valence-electron chi connectivity index (χ1n) is 12.1. The number of aliphatic hydroxyl groups is 2. The van der Waals surface area contributed by atoms with E-state index >= 15 is 0 Å². The number of Topliss-reactive ketones (excluding diaryl/α,β-unsaturated/α-hetero) is 1. The minimum absolute atomic E-state index is 0.187. The van der Waals surface area contributed by atoms with Crippen LogP contribution < -0.4 is 0 Å². The van der Waals surface area contributed by atoms with Gasteiger partial charge >= 0.3 is 5.97 Å². The summed E-state index contributed by atoms with van der Waals surface area (Å²) >= 11 is 1.60. The Morgan fingerprint density at radius 2 is 1.91 bits per heavy atom. The summed E-state index contributed by atoms with van der Waals surface area (Å²) in [7, 11) is 0. The second-order valence-electron chi connectivity index (χ2n) is 10.5. The van der Waals surface area contributed by atoms with Crippen molar-refractivity contribution in [3.05, 3.63) is 40.4 Å². The lowest BCUT2D eigenvalue weighted by Crippen LogP contribution is -2.50. The van der Waals surface area contributed by atoms with Crippen molar-refractivity contribution in [3.63, 3.8) is 0 Å². The summed E-state index contributed by atoms with van der Waals surface area (Å²) in [6.45, 7) is 9.32. The lowest BCUT2D eigenvalue weighted by atomic mass is 9.61. The van der Waals surface area contributed by atoms with Crippen LogP contribution in [0.2, 0.25) is 0 Å². The van der Waals surface area contributed by atoms with Gasteiger partial charge in [0, 0.05) is 17.8 Å². The highest BCUT2D eigenvalue weighted by molar-refractivity contribution is 7.18. The van der Waals surface area contributed by atoms with Crippen molar-refractivity contribution in [3.8, 4) is 0 Å². The molecule has 0 radical (unpaired) electrons. The highest BCUT2D eigenvalue weighted by atomic mass is 32.1. The highest BCUT2D eigenvalue weighted by Crippen LogP contribution is 2.58. The number of carbonyl (C=O) groups is 2. The Morgan fingerprint density at radius 1 is 1.18 bits per heavy atom. The molecule has 2 N–H and O–H groups in total. The lowest BCUT2D eigenvalue weighted by molar-refractivity contribution is -0.159. The van der Waals surface area contributed by atoms with Gasteiger partial charge in [-0.25, -0.2) is 4.98 Å². The molecule has 0 amide bonds. The van der Waals surface area contributed by atoms with Gasteiger partial charge in [-0.1, -0.05) is 31.6 Å². The van der Waals surface area contributed by atoms with Crippen LogP contribution in [0.3, 0.4) is 0 Å². The van der Waals surface area contributed by atoms with Crippen LogP contribution in [0, 0.1) is 23.7 Å². The summed E-state index contributed by atoms with van der Waals surface area (Å²) in [5.74, 6) is -1.33. The number of cyclic esters (lactones) is 1. The Morgan fingerprint density at radius 3 is 2.65 bits per heavy atom. The van der Waals surface area contributed by atoms with Crippen LogP contribution >= 0.6 is 11.3 Å². The summed E-state index contributed by atoms with van der Waals surface area (Å²) in [5.41, 5.74) is 0.920. The zero-order valence-corrected chi connectivity index (χ0v) is 21.4. The number of fused-ring (bicyclic) bond motifs is 2. The summed E-state index contributed by atoms with van der Waals surface area (Å²) in [4.78, 5) is 30.8. The molecule has 0 spiro atoms. The number of aromatic nitrogens is 1. The number of hydrogen-bond donors (Lipinski definition) is 2. The van der Waals surface area contributed by atoms with E-state index in [0.29, 0.717) is 12.8 Å². The number of rotatable bonds is 1. The molecule has 34 heavy (non-hydrogen) atoms. The molecule has 1 unspecified atom stereocenters. The molecule has 2 heterocycles. The molecule has 1 aliphatic heterocycles. The Bertz CT molecular complexity index is 1140. The molecule has 7 heteroatoms. The zero-order chi connectivity index (χ0) is 24.8. The van der Waals surface area contributed by atoms with E-state index in [9.17, 15) is 19.8 Å². The number of allylic oxidation sites excluding steroid dienone is 1. The van der Waals surface area contributed by atoms with Gasteiger partial charge in [-0.3, -0.25) is 9.59 Å². The van der Waals surface area contributed by atoms with E-state index in [1.54, 1.807) is 25.2 Å².